The number of phosphoric acid groups is 1. The van der Waals surface area contributed by atoms with E-state index in [2.05, 4.69) is 98.9 Å². The summed E-state index contributed by atoms with van der Waals surface area (Å²) in [4.78, 5) is 38.1. The third-order valence-electron chi connectivity index (χ3n) is 16.4. The molecule has 0 amide bonds. The van der Waals surface area contributed by atoms with Crippen molar-refractivity contribution in [1.82, 2.24) is 0 Å². The van der Waals surface area contributed by atoms with Gasteiger partial charge in [-0.1, -0.05) is 330 Å². The average molecular weight is 1250 g/mol. The summed E-state index contributed by atoms with van der Waals surface area (Å²) in [6, 6.07) is 0. The lowest BCUT2D eigenvalue weighted by Crippen LogP contribution is -2.37. The lowest BCUT2D eigenvalue weighted by atomic mass is 10.0. The number of quaternary nitrogens is 1. The minimum Gasteiger partial charge on any atom is -0.756 e. The zero-order valence-electron chi connectivity index (χ0n) is 58.4. The first kappa shape index (κ1) is 85.2. The van der Waals surface area contributed by atoms with Crippen LogP contribution in [0.1, 0.15) is 348 Å². The van der Waals surface area contributed by atoms with Crippen molar-refractivity contribution in [2.75, 3.05) is 47.5 Å². The zero-order chi connectivity index (χ0) is 64.1. The quantitative estimate of drug-likeness (QED) is 0.0195. The van der Waals surface area contributed by atoms with Gasteiger partial charge in [0.1, 0.15) is 19.8 Å². The first-order chi connectivity index (χ1) is 43.0. The van der Waals surface area contributed by atoms with Gasteiger partial charge in [0.25, 0.3) is 7.82 Å². The van der Waals surface area contributed by atoms with E-state index in [1.807, 2.05) is 21.1 Å². The van der Waals surface area contributed by atoms with E-state index < -0.39 is 26.5 Å². The SMILES string of the molecule is CC/C=C\C/C=C\C/C=C\C/C=C\CCCCCCCCCCCCCCCCCCCCCCCCCCCCCCC(=O)OC(COC(=O)CCCCCCCCCC/C=C\C/C=C\C/C=C\CCCCCCC)COP(=O)([O-])OCC[N+](C)(C)C. The Morgan fingerprint density at radius 2 is 0.648 bits per heavy atom. The highest BCUT2D eigenvalue weighted by Crippen LogP contribution is 2.38. The predicted octanol–water partition coefficient (Wildman–Crippen LogP) is 23.9. The molecule has 0 aromatic rings. The van der Waals surface area contributed by atoms with Crippen molar-refractivity contribution in [3.63, 3.8) is 0 Å². The van der Waals surface area contributed by atoms with Crippen LogP contribution in [-0.4, -0.2) is 70.0 Å². The highest BCUT2D eigenvalue weighted by molar-refractivity contribution is 7.45. The van der Waals surface area contributed by atoms with Gasteiger partial charge in [-0.05, 0) is 89.9 Å². The summed E-state index contributed by atoms with van der Waals surface area (Å²) < 4.78 is 34.3. The van der Waals surface area contributed by atoms with E-state index in [4.69, 9.17) is 18.5 Å². The Labute approximate surface area is 545 Å². The highest BCUT2D eigenvalue weighted by Gasteiger charge is 2.22. The zero-order valence-corrected chi connectivity index (χ0v) is 59.3. The second-order valence-corrected chi connectivity index (χ2v) is 27.7. The predicted molar refractivity (Wildman–Crippen MR) is 379 cm³/mol. The molecule has 0 saturated heterocycles. The molecule has 0 heterocycles. The summed E-state index contributed by atoms with van der Waals surface area (Å²) in [6.45, 7) is 4.15. The molecule has 88 heavy (non-hydrogen) atoms. The molecule has 0 rings (SSSR count). The van der Waals surface area contributed by atoms with Gasteiger partial charge in [-0.3, -0.25) is 14.2 Å². The fourth-order valence-corrected chi connectivity index (χ4v) is 11.4. The maximum Gasteiger partial charge on any atom is 0.306 e. The van der Waals surface area contributed by atoms with Crippen LogP contribution in [0.15, 0.2) is 85.1 Å². The van der Waals surface area contributed by atoms with E-state index in [0.29, 0.717) is 17.4 Å². The number of carbonyl (C=O) groups excluding carboxylic acids is 2. The maximum absolute atomic E-state index is 12.9. The fourth-order valence-electron chi connectivity index (χ4n) is 10.7. The Bertz CT molecular complexity index is 1760. The molecule has 0 bridgehead atoms. The van der Waals surface area contributed by atoms with Crippen LogP contribution >= 0.6 is 7.82 Å². The molecule has 9 nitrogen and oxygen atoms in total. The first-order valence-corrected chi connectivity index (χ1v) is 38.8. The van der Waals surface area contributed by atoms with Crippen molar-refractivity contribution in [2.24, 2.45) is 0 Å². The van der Waals surface area contributed by atoms with Gasteiger partial charge < -0.3 is 27.9 Å². The lowest BCUT2D eigenvalue weighted by Gasteiger charge is -2.28. The molecule has 0 aliphatic heterocycles. The number of likely N-dealkylation sites (N-methyl/N-ethyl adjacent to an activating group) is 1. The molecule has 0 N–H and O–H groups in total. The Morgan fingerprint density at radius 1 is 0.364 bits per heavy atom. The van der Waals surface area contributed by atoms with Gasteiger partial charge in [0.2, 0.25) is 0 Å². The third-order valence-corrected chi connectivity index (χ3v) is 17.4. The standard InChI is InChI=1S/C78H142NO8P/c1-6-8-10-12-14-16-18-20-22-24-26-28-30-31-32-33-34-35-36-37-38-39-40-41-42-43-44-45-46-47-49-51-53-55-57-59-61-63-65-67-69-71-78(81)87-76(75-86-88(82,83)85-73-72-79(3,4)5)74-84-77(80)70-68-66-64-62-60-58-56-54-52-50-48-29-27-25-23-21-19-17-15-13-11-9-7-2/h8,10,14,16,19-22,25-28,48,50,76H,6-7,9,11-13,15,17-18,23-24,29-47,49,51-75H2,1-5H3/b10-8-,16-14-,21-19-,22-20-,27-25-,28-26-,50-48-. The van der Waals surface area contributed by atoms with Crippen LogP contribution in [0.2, 0.25) is 0 Å². The van der Waals surface area contributed by atoms with E-state index >= 15 is 0 Å². The van der Waals surface area contributed by atoms with Crippen LogP contribution < -0.4 is 4.89 Å². The second-order valence-electron chi connectivity index (χ2n) is 26.3. The number of carbonyl (C=O) groups is 2. The molecule has 0 fully saturated rings. The molecule has 0 aliphatic rings. The van der Waals surface area contributed by atoms with Crippen LogP contribution in [0.25, 0.3) is 0 Å². The fraction of sp³-hybridized carbons (Fsp3) is 0.795. The second kappa shape index (κ2) is 68.6. The van der Waals surface area contributed by atoms with Crippen LogP contribution in [0.4, 0.5) is 0 Å². The Hall–Kier alpha value is -2.81. The molecule has 0 spiro atoms. The van der Waals surface area contributed by atoms with Crippen molar-refractivity contribution >= 4 is 19.8 Å². The minimum absolute atomic E-state index is 0.0324. The molecule has 2 atom stereocenters. The van der Waals surface area contributed by atoms with E-state index in [1.54, 1.807) is 0 Å². The normalized spacial score (nSPS) is 13.6. The number of hydrogen-bond acceptors (Lipinski definition) is 8. The Kier molecular flexibility index (Phi) is 66.4. The number of ether oxygens (including phenoxy) is 2. The van der Waals surface area contributed by atoms with Crippen molar-refractivity contribution in [3.05, 3.63) is 85.1 Å². The largest absolute Gasteiger partial charge is 0.756 e. The topological polar surface area (TPSA) is 111 Å². The van der Waals surface area contributed by atoms with E-state index in [-0.39, 0.29) is 32.0 Å². The minimum atomic E-state index is -4.65. The summed E-state index contributed by atoms with van der Waals surface area (Å²) >= 11 is 0. The van der Waals surface area contributed by atoms with Crippen molar-refractivity contribution in [2.45, 2.75) is 354 Å². The number of phosphoric ester groups is 1. The van der Waals surface area contributed by atoms with Gasteiger partial charge in [0.15, 0.2) is 6.10 Å². The Morgan fingerprint density at radius 3 is 0.966 bits per heavy atom. The molecule has 0 radical (unpaired) electrons. The molecule has 0 aromatic carbocycles. The Balaban J connectivity index is 3.92. The van der Waals surface area contributed by atoms with Gasteiger partial charge in [0, 0.05) is 12.8 Å². The summed E-state index contributed by atoms with van der Waals surface area (Å²) in [5.41, 5.74) is 0. The first-order valence-electron chi connectivity index (χ1n) is 37.3. The van der Waals surface area contributed by atoms with Crippen molar-refractivity contribution in [1.29, 1.82) is 0 Å². The molecule has 0 aliphatic carbocycles. The van der Waals surface area contributed by atoms with Gasteiger partial charge in [0.05, 0.1) is 27.7 Å². The summed E-state index contributed by atoms with van der Waals surface area (Å²) in [7, 11) is 1.17. The number of esters is 2. The lowest BCUT2D eigenvalue weighted by molar-refractivity contribution is -0.870. The van der Waals surface area contributed by atoms with Crippen LogP contribution in [0, 0.1) is 0 Å². The van der Waals surface area contributed by atoms with Crippen LogP contribution in [0.3, 0.4) is 0 Å². The number of unbranched alkanes of at least 4 members (excludes halogenated alkanes) is 41. The average Bonchev–Trinajstić information content (AvgIpc) is 3.58. The monoisotopic (exact) mass is 1250 g/mol. The number of hydrogen-bond donors (Lipinski definition) is 0. The summed E-state index contributed by atoms with van der Waals surface area (Å²) in [5, 5.41) is 0. The summed E-state index contributed by atoms with van der Waals surface area (Å²) in [6.07, 6.45) is 94.1. The van der Waals surface area contributed by atoms with Gasteiger partial charge >= 0.3 is 11.9 Å². The number of rotatable bonds is 69. The van der Waals surface area contributed by atoms with Gasteiger partial charge in [-0.15, -0.1) is 0 Å². The van der Waals surface area contributed by atoms with Gasteiger partial charge in [-0.2, -0.15) is 0 Å². The molecular formula is C78H142NO8P. The molecule has 0 aromatic heterocycles. The van der Waals surface area contributed by atoms with Gasteiger partial charge in [-0.25, -0.2) is 0 Å². The van der Waals surface area contributed by atoms with Crippen molar-refractivity contribution < 1.29 is 42.1 Å². The van der Waals surface area contributed by atoms with Crippen LogP contribution in [0.5, 0.6) is 0 Å². The van der Waals surface area contributed by atoms with Crippen molar-refractivity contribution in [3.8, 4) is 0 Å². The third kappa shape index (κ3) is 72.3. The highest BCUT2D eigenvalue weighted by atomic mass is 31.2. The van der Waals surface area contributed by atoms with Crippen LogP contribution in [-0.2, 0) is 32.7 Å². The summed E-state index contributed by atoms with van der Waals surface area (Å²) in [5.74, 6) is -0.828. The molecular weight excluding hydrogens is 1110 g/mol. The van der Waals surface area contributed by atoms with E-state index in [9.17, 15) is 19.0 Å². The number of nitrogens with zero attached hydrogens (tertiary/aromatic N) is 1. The van der Waals surface area contributed by atoms with E-state index in [0.717, 1.165) is 83.5 Å². The molecule has 2 unspecified atom stereocenters. The molecule has 0 saturated carbocycles. The number of allylic oxidation sites excluding steroid dienone is 14. The smallest absolute Gasteiger partial charge is 0.306 e. The van der Waals surface area contributed by atoms with E-state index in [1.165, 1.54) is 231 Å². The molecule has 512 valence electrons. The molecule has 10 heteroatoms. The maximum atomic E-state index is 12.9.